The first kappa shape index (κ1) is 19.3. The fourth-order valence-corrected chi connectivity index (χ4v) is 3.23. The van der Waals surface area contributed by atoms with Gasteiger partial charge in [0.1, 0.15) is 5.84 Å². The van der Waals surface area contributed by atoms with E-state index in [4.69, 9.17) is 5.73 Å². The third-order valence-corrected chi connectivity index (χ3v) is 4.86. The van der Waals surface area contributed by atoms with Gasteiger partial charge < -0.3 is 20.9 Å². The number of carbonyl (C=O) groups excluding carboxylic acids is 1. The van der Waals surface area contributed by atoms with Crippen molar-refractivity contribution in [3.8, 4) is 0 Å². The van der Waals surface area contributed by atoms with Gasteiger partial charge in [-0.15, -0.1) is 0 Å². The highest BCUT2D eigenvalue weighted by Crippen LogP contribution is 2.20. The first-order valence-electron chi connectivity index (χ1n) is 9.66. The molecule has 1 heterocycles. The summed E-state index contributed by atoms with van der Waals surface area (Å²) in [5.41, 5.74) is 10.5. The average Bonchev–Trinajstić information content (AvgIpc) is 3.13. The van der Waals surface area contributed by atoms with Crippen LogP contribution in [0.25, 0.3) is 10.9 Å². The van der Waals surface area contributed by atoms with Gasteiger partial charge in [-0.05, 0) is 54.1 Å². The van der Waals surface area contributed by atoms with Crippen molar-refractivity contribution in [1.29, 1.82) is 0 Å². The molecule has 0 bridgehead atoms. The molecule has 1 aromatic heterocycles. The molecule has 0 aliphatic heterocycles. The van der Waals surface area contributed by atoms with Crippen molar-refractivity contribution in [1.82, 2.24) is 4.57 Å². The van der Waals surface area contributed by atoms with E-state index in [1.165, 1.54) is 0 Å². The standard InChI is InChI=1S/C24H23N5O/c1-29-14-13-19-15-21(11-12-22(19)29)28-24(30)27-20-9-7-18(8-10-20)23(25)26-16-17-5-3-2-4-6-17/h2-15H,16H2,1H3,(H2,25,26)(H2,27,28,30). The third-order valence-electron chi connectivity index (χ3n) is 4.86. The first-order chi connectivity index (χ1) is 14.6. The zero-order chi connectivity index (χ0) is 20.9. The molecule has 30 heavy (non-hydrogen) atoms. The predicted octanol–water partition coefficient (Wildman–Crippen LogP) is 4.73. The molecule has 0 aliphatic carbocycles. The number of nitrogens with two attached hydrogens (primary N) is 1. The largest absolute Gasteiger partial charge is 0.383 e. The molecule has 0 unspecified atom stereocenters. The van der Waals surface area contributed by atoms with Crippen LogP contribution in [-0.2, 0) is 13.6 Å². The number of hydrogen-bond donors (Lipinski definition) is 3. The van der Waals surface area contributed by atoms with E-state index in [0.717, 1.165) is 27.7 Å². The highest BCUT2D eigenvalue weighted by molar-refractivity contribution is 6.02. The van der Waals surface area contributed by atoms with Crippen molar-refractivity contribution in [2.24, 2.45) is 17.8 Å². The molecule has 4 aromatic rings. The second-order valence-electron chi connectivity index (χ2n) is 7.04. The van der Waals surface area contributed by atoms with E-state index in [-0.39, 0.29) is 6.03 Å². The van der Waals surface area contributed by atoms with Crippen molar-refractivity contribution < 1.29 is 4.79 Å². The van der Waals surface area contributed by atoms with Gasteiger partial charge in [0.15, 0.2) is 0 Å². The van der Waals surface area contributed by atoms with E-state index >= 15 is 0 Å². The quantitative estimate of drug-likeness (QED) is 0.336. The van der Waals surface area contributed by atoms with Crippen LogP contribution in [-0.4, -0.2) is 16.4 Å². The number of hydrogen-bond acceptors (Lipinski definition) is 2. The van der Waals surface area contributed by atoms with Crippen LogP contribution in [0, 0.1) is 0 Å². The van der Waals surface area contributed by atoms with Crippen LogP contribution in [0.4, 0.5) is 16.2 Å². The van der Waals surface area contributed by atoms with E-state index in [0.29, 0.717) is 18.1 Å². The molecule has 6 heteroatoms. The number of benzene rings is 3. The Hall–Kier alpha value is -4.06. The first-order valence-corrected chi connectivity index (χ1v) is 9.66. The molecule has 4 rings (SSSR count). The molecule has 0 fully saturated rings. The van der Waals surface area contributed by atoms with Crippen LogP contribution >= 0.6 is 0 Å². The van der Waals surface area contributed by atoms with Crippen molar-refractivity contribution in [3.63, 3.8) is 0 Å². The normalized spacial score (nSPS) is 11.4. The minimum atomic E-state index is -0.302. The lowest BCUT2D eigenvalue weighted by Gasteiger charge is -2.09. The van der Waals surface area contributed by atoms with Crippen LogP contribution in [0.2, 0.25) is 0 Å². The summed E-state index contributed by atoms with van der Waals surface area (Å²) in [7, 11) is 1.99. The molecular formula is C24H23N5O. The monoisotopic (exact) mass is 397 g/mol. The second kappa shape index (κ2) is 8.53. The fourth-order valence-electron chi connectivity index (χ4n) is 3.23. The Labute approximate surface area is 175 Å². The Kier molecular flexibility index (Phi) is 5.48. The number of rotatable bonds is 5. The minimum Gasteiger partial charge on any atom is -0.383 e. The minimum absolute atomic E-state index is 0.302. The lowest BCUT2D eigenvalue weighted by atomic mass is 10.2. The van der Waals surface area contributed by atoms with Crippen LogP contribution < -0.4 is 16.4 Å². The van der Waals surface area contributed by atoms with Gasteiger partial charge in [0.25, 0.3) is 0 Å². The smallest absolute Gasteiger partial charge is 0.323 e. The van der Waals surface area contributed by atoms with Crippen LogP contribution in [0.15, 0.2) is 90.1 Å². The molecule has 0 saturated heterocycles. The molecule has 4 N–H and O–H groups in total. The number of amides is 2. The van der Waals surface area contributed by atoms with Crippen molar-refractivity contribution >= 4 is 34.1 Å². The summed E-state index contributed by atoms with van der Waals surface area (Å²) in [6, 6.07) is 24.8. The highest BCUT2D eigenvalue weighted by atomic mass is 16.2. The number of aromatic nitrogens is 1. The van der Waals surface area contributed by atoms with Crippen LogP contribution in [0.5, 0.6) is 0 Å². The number of urea groups is 1. The summed E-state index contributed by atoms with van der Waals surface area (Å²) in [4.78, 5) is 16.8. The lowest BCUT2D eigenvalue weighted by Crippen LogP contribution is -2.19. The number of carbonyl (C=O) groups is 1. The highest BCUT2D eigenvalue weighted by Gasteiger charge is 2.06. The Morgan fingerprint density at radius 3 is 2.40 bits per heavy atom. The van der Waals surface area contributed by atoms with E-state index < -0.39 is 0 Å². The van der Waals surface area contributed by atoms with Crippen molar-refractivity contribution in [2.75, 3.05) is 10.6 Å². The molecule has 0 spiro atoms. The Bertz CT molecular complexity index is 1190. The number of aryl methyl sites for hydroxylation is 1. The zero-order valence-electron chi connectivity index (χ0n) is 16.7. The maximum Gasteiger partial charge on any atom is 0.323 e. The van der Waals surface area contributed by atoms with Gasteiger partial charge >= 0.3 is 6.03 Å². The van der Waals surface area contributed by atoms with Crippen molar-refractivity contribution in [3.05, 3.63) is 96.2 Å². The lowest BCUT2D eigenvalue weighted by molar-refractivity contribution is 0.262. The number of aliphatic imine (C=N–C) groups is 1. The Morgan fingerprint density at radius 1 is 0.933 bits per heavy atom. The molecule has 0 atom stereocenters. The summed E-state index contributed by atoms with van der Waals surface area (Å²) >= 11 is 0. The maximum absolute atomic E-state index is 12.3. The van der Waals surface area contributed by atoms with E-state index in [1.807, 2.05) is 84.5 Å². The molecule has 3 aromatic carbocycles. The summed E-state index contributed by atoms with van der Waals surface area (Å²) in [6.45, 7) is 0.529. The molecule has 2 amide bonds. The van der Waals surface area contributed by atoms with E-state index in [9.17, 15) is 4.79 Å². The Balaban J connectivity index is 1.36. The summed E-state index contributed by atoms with van der Waals surface area (Å²) in [5, 5.41) is 6.77. The second-order valence-corrected chi connectivity index (χ2v) is 7.04. The van der Waals surface area contributed by atoms with Gasteiger partial charge in [-0.1, -0.05) is 30.3 Å². The van der Waals surface area contributed by atoms with Gasteiger partial charge in [-0.3, -0.25) is 4.99 Å². The third kappa shape index (κ3) is 4.50. The number of fused-ring (bicyclic) bond motifs is 1. The maximum atomic E-state index is 12.3. The van der Waals surface area contributed by atoms with Gasteiger partial charge in [-0.25, -0.2) is 4.79 Å². The SMILES string of the molecule is Cn1ccc2cc(NC(=O)Nc3ccc(C(N)=NCc4ccccc4)cc3)ccc21. The van der Waals surface area contributed by atoms with Crippen LogP contribution in [0.1, 0.15) is 11.1 Å². The molecule has 0 saturated carbocycles. The molecule has 0 aliphatic rings. The molecule has 150 valence electrons. The summed E-state index contributed by atoms with van der Waals surface area (Å²) in [6.07, 6.45) is 1.99. The molecule has 0 radical (unpaired) electrons. The van der Waals surface area contributed by atoms with Crippen molar-refractivity contribution in [2.45, 2.75) is 6.54 Å². The number of anilines is 2. The summed E-state index contributed by atoms with van der Waals surface area (Å²) in [5.74, 6) is 0.464. The number of amidine groups is 1. The Morgan fingerprint density at radius 2 is 1.63 bits per heavy atom. The zero-order valence-corrected chi connectivity index (χ0v) is 16.7. The summed E-state index contributed by atoms with van der Waals surface area (Å²) < 4.78 is 2.04. The number of nitrogens with zero attached hydrogens (tertiary/aromatic N) is 2. The topological polar surface area (TPSA) is 84.4 Å². The van der Waals surface area contributed by atoms with Gasteiger partial charge in [0.05, 0.1) is 6.54 Å². The average molecular weight is 397 g/mol. The van der Waals surface area contributed by atoms with Gasteiger partial charge in [0, 0.05) is 41.1 Å². The van der Waals surface area contributed by atoms with Crippen LogP contribution in [0.3, 0.4) is 0 Å². The molecule has 6 nitrogen and oxygen atoms in total. The van der Waals surface area contributed by atoms with E-state index in [2.05, 4.69) is 15.6 Å². The fraction of sp³-hybridized carbons (Fsp3) is 0.0833. The predicted molar refractivity (Wildman–Crippen MR) is 123 cm³/mol. The number of nitrogens with one attached hydrogen (secondary N) is 2. The van der Waals surface area contributed by atoms with Gasteiger partial charge in [-0.2, -0.15) is 0 Å². The molecular weight excluding hydrogens is 374 g/mol. The van der Waals surface area contributed by atoms with E-state index in [1.54, 1.807) is 12.1 Å². The van der Waals surface area contributed by atoms with Gasteiger partial charge in [0.2, 0.25) is 0 Å².